The lowest BCUT2D eigenvalue weighted by Crippen LogP contribution is -2.15. The number of nitrogens with one attached hydrogen (secondary N) is 2. The second-order valence-electron chi connectivity index (χ2n) is 5.24. The van der Waals surface area contributed by atoms with Gasteiger partial charge in [0.1, 0.15) is 10.7 Å². The van der Waals surface area contributed by atoms with E-state index in [0.717, 1.165) is 11.6 Å². The smallest absolute Gasteiger partial charge is 0.263 e. The minimum atomic E-state index is -3.92. The van der Waals surface area contributed by atoms with Crippen LogP contribution in [0.5, 0.6) is 0 Å². The summed E-state index contributed by atoms with van der Waals surface area (Å²) in [5.74, 6) is -0.730. The largest absolute Gasteiger partial charge is 0.366 e. The van der Waals surface area contributed by atoms with Gasteiger partial charge >= 0.3 is 0 Å². The number of anilines is 1. The first-order valence-corrected chi connectivity index (χ1v) is 8.99. The van der Waals surface area contributed by atoms with Gasteiger partial charge in [-0.25, -0.2) is 12.8 Å². The molecule has 0 saturated heterocycles. The van der Waals surface area contributed by atoms with Crippen molar-refractivity contribution in [2.75, 3.05) is 4.72 Å². The van der Waals surface area contributed by atoms with Crippen LogP contribution in [0.3, 0.4) is 0 Å². The number of rotatable bonds is 5. The third kappa shape index (κ3) is 3.60. The third-order valence-electron chi connectivity index (χ3n) is 3.49. The maximum atomic E-state index is 13.9. The quantitative estimate of drug-likeness (QED) is 0.712. The number of benzene rings is 2. The Morgan fingerprint density at radius 1 is 1.08 bits per heavy atom. The van der Waals surface area contributed by atoms with Crippen LogP contribution in [-0.2, 0) is 16.4 Å². The summed E-state index contributed by atoms with van der Waals surface area (Å²) in [5.41, 5.74) is 1.43. The van der Waals surface area contributed by atoms with E-state index in [1.54, 1.807) is 6.20 Å². The summed E-state index contributed by atoms with van der Waals surface area (Å²) in [5, 5.41) is 0.196. The number of hydrogen-bond acceptors (Lipinski definition) is 2. The molecule has 0 aliphatic heterocycles. The topological polar surface area (TPSA) is 62.0 Å². The number of sulfonamides is 1. The van der Waals surface area contributed by atoms with Crippen molar-refractivity contribution in [3.63, 3.8) is 0 Å². The van der Waals surface area contributed by atoms with Crippen molar-refractivity contribution in [1.29, 1.82) is 0 Å². The molecule has 24 heavy (non-hydrogen) atoms. The van der Waals surface area contributed by atoms with E-state index in [9.17, 15) is 12.8 Å². The van der Waals surface area contributed by atoms with E-state index in [1.165, 1.54) is 18.3 Å². The molecule has 2 N–H and O–H groups in total. The summed E-state index contributed by atoms with van der Waals surface area (Å²) in [6.45, 7) is 0. The summed E-state index contributed by atoms with van der Waals surface area (Å²) in [7, 11) is -3.92. The van der Waals surface area contributed by atoms with E-state index >= 15 is 0 Å². The molecule has 0 amide bonds. The molecule has 4 nitrogen and oxygen atoms in total. The molecule has 0 fully saturated rings. The standard InChI is InChI=1S/C17H14ClFN2O2S/c18-14-6-7-16(15(19)9-14)21-24(22,23)17-11-20-10-13(17)8-12-4-2-1-3-5-12/h1-7,9-11,20-21H,8H2. The van der Waals surface area contributed by atoms with Gasteiger partial charge in [0.15, 0.2) is 0 Å². The lowest BCUT2D eigenvalue weighted by molar-refractivity contribution is 0.598. The van der Waals surface area contributed by atoms with Gasteiger partial charge in [0.2, 0.25) is 0 Å². The van der Waals surface area contributed by atoms with Gasteiger partial charge in [-0.15, -0.1) is 0 Å². The number of halogens is 2. The highest BCUT2D eigenvalue weighted by Crippen LogP contribution is 2.25. The Morgan fingerprint density at radius 2 is 1.83 bits per heavy atom. The molecule has 0 aliphatic carbocycles. The zero-order valence-corrected chi connectivity index (χ0v) is 14.0. The number of H-pyrrole nitrogens is 1. The Hall–Kier alpha value is -2.31. The first-order chi connectivity index (χ1) is 11.5. The van der Waals surface area contributed by atoms with Crippen LogP contribution < -0.4 is 4.72 Å². The fourth-order valence-corrected chi connectivity index (χ4v) is 3.78. The van der Waals surface area contributed by atoms with Crippen molar-refractivity contribution in [2.24, 2.45) is 0 Å². The van der Waals surface area contributed by atoms with Crippen LogP contribution in [0, 0.1) is 5.82 Å². The van der Waals surface area contributed by atoms with Crippen LogP contribution in [0.25, 0.3) is 0 Å². The number of aromatic nitrogens is 1. The minimum Gasteiger partial charge on any atom is -0.366 e. The third-order valence-corrected chi connectivity index (χ3v) is 5.17. The average molecular weight is 365 g/mol. The summed E-state index contributed by atoms with van der Waals surface area (Å²) >= 11 is 5.68. The molecule has 0 saturated carbocycles. The second kappa shape index (κ2) is 6.67. The molecule has 1 aromatic heterocycles. The predicted octanol–water partition coefficient (Wildman–Crippen LogP) is 4.20. The summed E-state index contributed by atoms with van der Waals surface area (Å²) in [6, 6.07) is 13.3. The molecule has 3 aromatic rings. The van der Waals surface area contributed by atoms with Gasteiger partial charge < -0.3 is 4.98 Å². The highest BCUT2D eigenvalue weighted by Gasteiger charge is 2.21. The monoisotopic (exact) mass is 364 g/mol. The van der Waals surface area contributed by atoms with Crippen molar-refractivity contribution in [3.05, 3.63) is 82.9 Å². The van der Waals surface area contributed by atoms with E-state index in [2.05, 4.69) is 9.71 Å². The molecule has 0 radical (unpaired) electrons. The molecule has 0 aliphatic rings. The highest BCUT2D eigenvalue weighted by molar-refractivity contribution is 7.92. The van der Waals surface area contributed by atoms with E-state index in [1.807, 2.05) is 30.3 Å². The van der Waals surface area contributed by atoms with E-state index in [-0.39, 0.29) is 15.6 Å². The highest BCUT2D eigenvalue weighted by atomic mass is 35.5. The first-order valence-electron chi connectivity index (χ1n) is 7.13. The predicted molar refractivity (Wildman–Crippen MR) is 92.3 cm³/mol. The van der Waals surface area contributed by atoms with Crippen LogP contribution in [-0.4, -0.2) is 13.4 Å². The molecule has 0 spiro atoms. The molecular formula is C17H14ClFN2O2S. The van der Waals surface area contributed by atoms with Crippen molar-refractivity contribution < 1.29 is 12.8 Å². The Bertz CT molecular complexity index is 956. The molecule has 2 aromatic carbocycles. The maximum absolute atomic E-state index is 13.9. The zero-order chi connectivity index (χ0) is 17.2. The van der Waals surface area contributed by atoms with Crippen molar-refractivity contribution >= 4 is 27.3 Å². The molecule has 0 atom stereocenters. The molecule has 1 heterocycles. The van der Waals surface area contributed by atoms with Crippen molar-refractivity contribution in [1.82, 2.24) is 4.98 Å². The van der Waals surface area contributed by atoms with Crippen LogP contribution in [0.4, 0.5) is 10.1 Å². The van der Waals surface area contributed by atoms with E-state index in [0.29, 0.717) is 12.0 Å². The van der Waals surface area contributed by atoms with Crippen LogP contribution in [0.1, 0.15) is 11.1 Å². The van der Waals surface area contributed by atoms with Crippen molar-refractivity contribution in [3.8, 4) is 0 Å². The lowest BCUT2D eigenvalue weighted by atomic mass is 10.1. The van der Waals surface area contributed by atoms with Gasteiger partial charge in [-0.3, -0.25) is 4.72 Å². The van der Waals surface area contributed by atoms with Gasteiger partial charge in [-0.1, -0.05) is 41.9 Å². The second-order valence-corrected chi connectivity index (χ2v) is 7.32. The average Bonchev–Trinajstić information content (AvgIpc) is 3.00. The fourth-order valence-electron chi connectivity index (χ4n) is 2.36. The molecular weight excluding hydrogens is 351 g/mol. The lowest BCUT2D eigenvalue weighted by Gasteiger charge is -2.10. The van der Waals surface area contributed by atoms with Gasteiger partial charge in [0, 0.05) is 23.8 Å². The number of aromatic amines is 1. The maximum Gasteiger partial charge on any atom is 0.263 e. The van der Waals surface area contributed by atoms with E-state index in [4.69, 9.17) is 11.6 Å². The summed E-state index contributed by atoms with van der Waals surface area (Å²) in [6.07, 6.45) is 3.46. The number of hydrogen-bond donors (Lipinski definition) is 2. The first kappa shape index (κ1) is 16.5. The summed E-state index contributed by atoms with van der Waals surface area (Å²) < 4.78 is 41.3. The zero-order valence-electron chi connectivity index (χ0n) is 12.5. The fraction of sp³-hybridized carbons (Fsp3) is 0.0588. The van der Waals surface area contributed by atoms with Crippen LogP contribution in [0.2, 0.25) is 5.02 Å². The molecule has 0 bridgehead atoms. The SMILES string of the molecule is O=S(=O)(Nc1ccc(Cl)cc1F)c1c[nH]cc1Cc1ccccc1. The van der Waals surface area contributed by atoms with Gasteiger partial charge in [-0.05, 0) is 29.3 Å². The van der Waals surface area contributed by atoms with Crippen LogP contribution >= 0.6 is 11.6 Å². The summed E-state index contributed by atoms with van der Waals surface area (Å²) in [4.78, 5) is 2.88. The Balaban J connectivity index is 1.89. The Kier molecular flexibility index (Phi) is 4.59. The van der Waals surface area contributed by atoms with Crippen molar-refractivity contribution in [2.45, 2.75) is 11.3 Å². The van der Waals surface area contributed by atoms with Gasteiger partial charge in [-0.2, -0.15) is 0 Å². The Labute approximate surface area is 144 Å². The van der Waals surface area contributed by atoms with Crippen LogP contribution in [0.15, 0.2) is 65.8 Å². The van der Waals surface area contributed by atoms with E-state index < -0.39 is 15.8 Å². The molecule has 3 rings (SSSR count). The molecule has 124 valence electrons. The van der Waals surface area contributed by atoms with Gasteiger partial charge in [0.25, 0.3) is 10.0 Å². The minimum absolute atomic E-state index is 0.0840. The molecule has 7 heteroatoms. The van der Waals surface area contributed by atoms with Gasteiger partial charge in [0.05, 0.1) is 5.69 Å². The normalized spacial score (nSPS) is 11.4. The molecule has 0 unspecified atom stereocenters. The Morgan fingerprint density at radius 3 is 2.54 bits per heavy atom.